The summed E-state index contributed by atoms with van der Waals surface area (Å²) in [5.41, 5.74) is 3.06. The van der Waals surface area contributed by atoms with Gasteiger partial charge in [0.15, 0.2) is 0 Å². The van der Waals surface area contributed by atoms with E-state index in [1.54, 1.807) is 7.11 Å². The SMILES string of the molecule is COCC(Br)=C=CCN(C)C.Cl. The van der Waals surface area contributed by atoms with E-state index in [4.69, 9.17) is 4.74 Å². The average molecular weight is 257 g/mol. The zero-order valence-corrected chi connectivity index (χ0v) is 10.0. The largest absolute Gasteiger partial charge is 0.379 e. The second-order valence-corrected chi connectivity index (χ2v) is 3.41. The van der Waals surface area contributed by atoms with Crippen molar-refractivity contribution >= 4 is 28.3 Å². The second kappa shape index (κ2) is 9.30. The highest BCUT2D eigenvalue weighted by Gasteiger charge is 1.85. The maximum Gasteiger partial charge on any atom is 0.0850 e. The van der Waals surface area contributed by atoms with Gasteiger partial charge in [-0.3, -0.25) is 0 Å². The molecule has 0 saturated carbocycles. The molecule has 0 atom stereocenters. The Hall–Kier alpha value is 0.210. The Morgan fingerprint density at radius 3 is 2.58 bits per heavy atom. The summed E-state index contributed by atoms with van der Waals surface area (Å²) < 4.78 is 5.83. The van der Waals surface area contributed by atoms with Gasteiger partial charge in [-0.05, 0) is 36.1 Å². The first kappa shape index (κ1) is 14.7. The molecule has 4 heteroatoms. The lowest BCUT2D eigenvalue weighted by atomic mass is 10.5. The molecule has 0 spiro atoms. The molecule has 0 unspecified atom stereocenters. The van der Waals surface area contributed by atoms with Crippen LogP contribution in [0, 0.1) is 0 Å². The van der Waals surface area contributed by atoms with Gasteiger partial charge in [-0.2, -0.15) is 0 Å². The minimum absolute atomic E-state index is 0. The van der Waals surface area contributed by atoms with E-state index in [1.165, 1.54) is 0 Å². The van der Waals surface area contributed by atoms with E-state index in [0.717, 1.165) is 11.0 Å². The molecule has 0 aliphatic carbocycles. The van der Waals surface area contributed by atoms with Crippen molar-refractivity contribution in [2.24, 2.45) is 0 Å². The summed E-state index contributed by atoms with van der Waals surface area (Å²) in [6, 6.07) is 0. The number of ether oxygens (including phenoxy) is 1. The Labute approximate surface area is 88.8 Å². The highest BCUT2D eigenvalue weighted by atomic mass is 79.9. The Kier molecular flexibility index (Phi) is 11.4. The molecular formula is C8H15BrClNO. The van der Waals surface area contributed by atoms with E-state index in [0.29, 0.717) is 6.61 Å². The van der Waals surface area contributed by atoms with Crippen molar-refractivity contribution in [3.05, 3.63) is 16.3 Å². The number of hydrogen-bond donors (Lipinski definition) is 0. The molecule has 0 amide bonds. The standard InChI is InChI=1S/C8H14BrNO.ClH/c1-10(2)6-4-5-8(9)7-11-3;/h4H,6-7H2,1-3H3;1H. The highest BCUT2D eigenvalue weighted by molar-refractivity contribution is 9.11. The van der Waals surface area contributed by atoms with Gasteiger partial charge < -0.3 is 9.64 Å². The lowest BCUT2D eigenvalue weighted by Crippen LogP contribution is -2.10. The molecule has 0 aromatic rings. The summed E-state index contributed by atoms with van der Waals surface area (Å²) in [5, 5.41) is 0. The summed E-state index contributed by atoms with van der Waals surface area (Å²) in [7, 11) is 5.69. The summed E-state index contributed by atoms with van der Waals surface area (Å²) in [5.74, 6) is 0. The van der Waals surface area contributed by atoms with Gasteiger partial charge in [-0.25, -0.2) is 0 Å². The van der Waals surface area contributed by atoms with Gasteiger partial charge in [0.1, 0.15) is 0 Å². The van der Waals surface area contributed by atoms with E-state index in [2.05, 4.69) is 26.6 Å². The third-order valence-corrected chi connectivity index (χ3v) is 1.44. The third-order valence-electron chi connectivity index (χ3n) is 0.986. The van der Waals surface area contributed by atoms with Crippen LogP contribution in [0.1, 0.15) is 0 Å². The fourth-order valence-corrected chi connectivity index (χ4v) is 0.898. The molecule has 0 bridgehead atoms. The van der Waals surface area contributed by atoms with Crippen LogP contribution in [-0.4, -0.2) is 39.3 Å². The fourth-order valence-electron chi connectivity index (χ4n) is 0.507. The van der Waals surface area contributed by atoms with Gasteiger partial charge >= 0.3 is 0 Å². The molecule has 0 heterocycles. The zero-order chi connectivity index (χ0) is 8.69. The van der Waals surface area contributed by atoms with Crippen LogP contribution >= 0.6 is 28.3 Å². The van der Waals surface area contributed by atoms with Crippen LogP contribution in [0.15, 0.2) is 16.3 Å². The first-order chi connectivity index (χ1) is 5.16. The maximum absolute atomic E-state index is 4.88. The first-order valence-corrected chi connectivity index (χ1v) is 4.19. The number of methoxy groups -OCH3 is 1. The third kappa shape index (κ3) is 10.2. The molecule has 0 aliphatic heterocycles. The van der Waals surface area contributed by atoms with Gasteiger partial charge in [0.25, 0.3) is 0 Å². The Bertz CT molecular complexity index is 164. The summed E-state index contributed by atoms with van der Waals surface area (Å²) >= 11 is 3.32. The van der Waals surface area contributed by atoms with Crippen molar-refractivity contribution in [3.63, 3.8) is 0 Å². The summed E-state index contributed by atoms with van der Waals surface area (Å²) in [6.45, 7) is 1.49. The molecule has 0 N–H and O–H groups in total. The van der Waals surface area contributed by atoms with Crippen molar-refractivity contribution in [1.82, 2.24) is 4.90 Å². The molecule has 12 heavy (non-hydrogen) atoms. The molecule has 0 fully saturated rings. The highest BCUT2D eigenvalue weighted by Crippen LogP contribution is 2.01. The first-order valence-electron chi connectivity index (χ1n) is 3.40. The average Bonchev–Trinajstić information content (AvgIpc) is 1.87. The number of hydrogen-bond acceptors (Lipinski definition) is 2. The van der Waals surface area contributed by atoms with Crippen molar-refractivity contribution in [3.8, 4) is 0 Å². The van der Waals surface area contributed by atoms with Crippen molar-refractivity contribution in [1.29, 1.82) is 0 Å². The van der Waals surface area contributed by atoms with Crippen LogP contribution < -0.4 is 0 Å². The van der Waals surface area contributed by atoms with Crippen LogP contribution in [0.5, 0.6) is 0 Å². The van der Waals surface area contributed by atoms with Crippen LogP contribution in [0.2, 0.25) is 0 Å². The van der Waals surface area contributed by atoms with Crippen LogP contribution in [0.3, 0.4) is 0 Å². The topological polar surface area (TPSA) is 12.5 Å². The van der Waals surface area contributed by atoms with E-state index in [9.17, 15) is 0 Å². The van der Waals surface area contributed by atoms with Crippen molar-refractivity contribution < 1.29 is 4.74 Å². The van der Waals surface area contributed by atoms with E-state index < -0.39 is 0 Å². The van der Waals surface area contributed by atoms with Gasteiger partial charge in [-0.15, -0.1) is 18.1 Å². The fraction of sp³-hybridized carbons (Fsp3) is 0.625. The smallest absolute Gasteiger partial charge is 0.0850 e. The lowest BCUT2D eigenvalue weighted by molar-refractivity contribution is 0.232. The summed E-state index contributed by atoms with van der Waals surface area (Å²) in [4.78, 5) is 2.07. The number of halogens is 2. The van der Waals surface area contributed by atoms with Crippen LogP contribution in [-0.2, 0) is 4.74 Å². The Morgan fingerprint density at radius 1 is 1.58 bits per heavy atom. The number of likely N-dealkylation sites (N-methyl/N-ethyl adjacent to an activating group) is 1. The molecule has 0 radical (unpaired) electrons. The lowest BCUT2D eigenvalue weighted by Gasteiger charge is -2.01. The molecule has 72 valence electrons. The van der Waals surface area contributed by atoms with Gasteiger partial charge in [-0.1, -0.05) is 0 Å². The molecule has 2 nitrogen and oxygen atoms in total. The van der Waals surface area contributed by atoms with Crippen LogP contribution in [0.25, 0.3) is 0 Å². The second-order valence-electron chi connectivity index (χ2n) is 2.45. The van der Waals surface area contributed by atoms with Crippen LogP contribution in [0.4, 0.5) is 0 Å². The van der Waals surface area contributed by atoms with Gasteiger partial charge in [0.05, 0.1) is 11.1 Å². The molecule has 0 saturated heterocycles. The van der Waals surface area contributed by atoms with Crippen molar-refractivity contribution in [2.75, 3.05) is 34.4 Å². The minimum atomic E-state index is 0. The minimum Gasteiger partial charge on any atom is -0.379 e. The monoisotopic (exact) mass is 255 g/mol. The number of nitrogens with zero attached hydrogens (tertiary/aromatic N) is 1. The van der Waals surface area contributed by atoms with E-state index in [-0.39, 0.29) is 12.4 Å². The predicted molar refractivity (Wildman–Crippen MR) is 58.2 cm³/mol. The van der Waals surface area contributed by atoms with Gasteiger partial charge in [0.2, 0.25) is 0 Å². The molecule has 0 aromatic heterocycles. The predicted octanol–water partition coefficient (Wildman–Crippen LogP) is 2.05. The normalized spacial score (nSPS) is 8.75. The quantitative estimate of drug-likeness (QED) is 0.714. The number of rotatable bonds is 4. The van der Waals surface area contributed by atoms with Gasteiger partial charge in [0, 0.05) is 13.7 Å². The Balaban J connectivity index is 0. The molecule has 0 aliphatic rings. The zero-order valence-electron chi connectivity index (χ0n) is 7.63. The van der Waals surface area contributed by atoms with Crippen molar-refractivity contribution in [2.45, 2.75) is 0 Å². The van der Waals surface area contributed by atoms with E-state index >= 15 is 0 Å². The molecule has 0 aromatic carbocycles. The maximum atomic E-state index is 4.88. The van der Waals surface area contributed by atoms with E-state index in [1.807, 2.05) is 20.2 Å². The summed E-state index contributed by atoms with van der Waals surface area (Å²) in [6.07, 6.45) is 1.96. The molecular weight excluding hydrogens is 241 g/mol. The molecule has 0 rings (SSSR count). The Morgan fingerprint density at radius 2 is 2.17 bits per heavy atom.